The number of hydrogen-bond acceptors (Lipinski definition) is 6. The second-order valence-electron chi connectivity index (χ2n) is 8.53. The largest absolute Gasteiger partial charge is 0.383 e. The van der Waals surface area contributed by atoms with Crippen LogP contribution >= 0.6 is 0 Å². The molecule has 1 unspecified atom stereocenters. The van der Waals surface area contributed by atoms with Crippen LogP contribution in [0.15, 0.2) is 34.9 Å². The fraction of sp³-hybridized carbons (Fsp3) is 0.591. The third kappa shape index (κ3) is 3.36. The number of carbonyl (C=O) groups excluding carboxylic acids is 1. The van der Waals surface area contributed by atoms with E-state index in [4.69, 9.17) is 14.2 Å². The fourth-order valence-electron chi connectivity index (χ4n) is 4.75. The van der Waals surface area contributed by atoms with E-state index in [2.05, 4.69) is 22.2 Å². The van der Waals surface area contributed by atoms with Gasteiger partial charge in [-0.15, -0.1) is 0 Å². The van der Waals surface area contributed by atoms with Crippen molar-refractivity contribution >= 4 is 5.91 Å². The van der Waals surface area contributed by atoms with Gasteiger partial charge in [-0.3, -0.25) is 9.69 Å². The Labute approximate surface area is 171 Å². The summed E-state index contributed by atoms with van der Waals surface area (Å²) in [4.78, 5) is 22.1. The second kappa shape index (κ2) is 7.54. The molecule has 1 amide bonds. The number of aromatic nitrogens is 2. The maximum absolute atomic E-state index is 13.1. The Hall–Kier alpha value is -2.25. The monoisotopic (exact) mass is 396 g/mol. The van der Waals surface area contributed by atoms with Gasteiger partial charge in [0.25, 0.3) is 0 Å². The lowest BCUT2D eigenvalue weighted by atomic mass is 9.90. The van der Waals surface area contributed by atoms with E-state index < -0.39 is 0 Å². The Morgan fingerprint density at radius 2 is 2.07 bits per heavy atom. The third-order valence-corrected chi connectivity index (χ3v) is 6.71. The topological polar surface area (TPSA) is 71.7 Å². The van der Waals surface area contributed by atoms with Crippen molar-refractivity contribution in [2.24, 2.45) is 0 Å². The van der Waals surface area contributed by atoms with Crippen molar-refractivity contribution in [3.05, 3.63) is 47.6 Å². The van der Waals surface area contributed by atoms with Crippen LogP contribution in [-0.2, 0) is 14.9 Å². The standard InChI is InChI=1S/C22H28N4O3/c1-28-13-12-25-11-5-8-18(25)20-23-19(24-29-20)16-14-26(15-16)21(27)22(9-10-22)17-6-3-2-4-7-17/h2-4,6-7,16,18H,5,8-15H2,1H3. The lowest BCUT2D eigenvalue weighted by Gasteiger charge is -2.39. The Bertz CT molecular complexity index is 858. The van der Waals surface area contributed by atoms with E-state index in [0.717, 1.165) is 50.2 Å². The van der Waals surface area contributed by atoms with Crippen molar-refractivity contribution in [3.63, 3.8) is 0 Å². The first-order valence-electron chi connectivity index (χ1n) is 10.6. The summed E-state index contributed by atoms with van der Waals surface area (Å²) in [7, 11) is 1.73. The van der Waals surface area contributed by atoms with E-state index in [1.165, 1.54) is 0 Å². The lowest BCUT2D eigenvalue weighted by Crippen LogP contribution is -2.52. The highest BCUT2D eigenvalue weighted by atomic mass is 16.5. The molecule has 1 atom stereocenters. The minimum atomic E-state index is -0.291. The van der Waals surface area contributed by atoms with Gasteiger partial charge in [0.15, 0.2) is 5.82 Å². The molecule has 1 saturated carbocycles. The summed E-state index contributed by atoms with van der Waals surface area (Å²) in [5.74, 6) is 1.88. The number of hydrogen-bond donors (Lipinski definition) is 0. The van der Waals surface area contributed by atoms with Crippen LogP contribution in [0.2, 0.25) is 0 Å². The zero-order chi connectivity index (χ0) is 19.8. The number of carbonyl (C=O) groups is 1. The molecule has 1 aliphatic carbocycles. The summed E-state index contributed by atoms with van der Waals surface area (Å²) >= 11 is 0. The summed E-state index contributed by atoms with van der Waals surface area (Å²) in [6.45, 7) is 4.00. The zero-order valence-electron chi connectivity index (χ0n) is 16.9. The van der Waals surface area contributed by atoms with Crippen LogP contribution < -0.4 is 0 Å². The zero-order valence-corrected chi connectivity index (χ0v) is 16.9. The molecule has 0 spiro atoms. The summed E-state index contributed by atoms with van der Waals surface area (Å²) in [6.07, 6.45) is 4.07. The van der Waals surface area contributed by atoms with E-state index in [1.807, 2.05) is 23.1 Å². The predicted molar refractivity (Wildman–Crippen MR) is 106 cm³/mol. The normalized spacial score (nSPS) is 23.9. The number of likely N-dealkylation sites (tertiary alicyclic amines) is 2. The Kier molecular flexibility index (Phi) is 4.87. The average Bonchev–Trinajstić information content (AvgIpc) is 3.16. The van der Waals surface area contributed by atoms with Gasteiger partial charge in [-0.1, -0.05) is 35.5 Å². The number of ether oxygens (including phenoxy) is 1. The van der Waals surface area contributed by atoms with Crippen LogP contribution in [0.25, 0.3) is 0 Å². The first-order chi connectivity index (χ1) is 14.2. The maximum atomic E-state index is 13.1. The molecule has 154 valence electrons. The molecule has 3 heterocycles. The molecular formula is C22H28N4O3. The van der Waals surface area contributed by atoms with Gasteiger partial charge in [0, 0.05) is 26.7 Å². The molecule has 3 fully saturated rings. The van der Waals surface area contributed by atoms with E-state index in [-0.39, 0.29) is 23.3 Å². The van der Waals surface area contributed by atoms with Gasteiger partial charge in [-0.25, -0.2) is 0 Å². The SMILES string of the molecule is COCCN1CCCC1c1nc(C2CN(C(=O)C3(c4ccccc4)CC3)C2)no1. The van der Waals surface area contributed by atoms with Crippen LogP contribution in [0.3, 0.4) is 0 Å². The van der Waals surface area contributed by atoms with Crippen LogP contribution in [0.4, 0.5) is 0 Å². The molecule has 7 heteroatoms. The summed E-state index contributed by atoms with van der Waals surface area (Å²) in [5.41, 5.74) is 0.855. The average molecular weight is 396 g/mol. The quantitative estimate of drug-likeness (QED) is 0.716. The molecule has 0 radical (unpaired) electrons. The van der Waals surface area contributed by atoms with Crippen LogP contribution in [0, 0.1) is 0 Å². The molecule has 2 aromatic rings. The van der Waals surface area contributed by atoms with Gasteiger partial charge in [-0.2, -0.15) is 4.98 Å². The first-order valence-corrected chi connectivity index (χ1v) is 10.6. The molecule has 0 N–H and O–H groups in total. The third-order valence-electron chi connectivity index (χ3n) is 6.71. The van der Waals surface area contributed by atoms with E-state index in [1.54, 1.807) is 7.11 Å². The van der Waals surface area contributed by atoms with Crippen LogP contribution in [0.5, 0.6) is 0 Å². The lowest BCUT2D eigenvalue weighted by molar-refractivity contribution is -0.138. The Morgan fingerprint density at radius 1 is 1.28 bits per heavy atom. The molecular weight excluding hydrogens is 368 g/mol. The van der Waals surface area contributed by atoms with Gasteiger partial charge in [-0.05, 0) is 37.8 Å². The highest BCUT2D eigenvalue weighted by Gasteiger charge is 2.55. The maximum Gasteiger partial charge on any atom is 0.244 e. The molecule has 1 aromatic carbocycles. The van der Waals surface area contributed by atoms with Crippen LogP contribution in [-0.4, -0.2) is 65.7 Å². The molecule has 29 heavy (non-hydrogen) atoms. The van der Waals surface area contributed by atoms with Crippen molar-refractivity contribution in [2.75, 3.05) is 39.9 Å². The van der Waals surface area contributed by atoms with Gasteiger partial charge in [0.05, 0.1) is 24.0 Å². The molecule has 5 rings (SSSR count). The molecule has 2 saturated heterocycles. The van der Waals surface area contributed by atoms with Crippen molar-refractivity contribution in [2.45, 2.75) is 43.1 Å². The van der Waals surface area contributed by atoms with Crippen molar-refractivity contribution < 1.29 is 14.1 Å². The Morgan fingerprint density at radius 3 is 2.79 bits per heavy atom. The summed E-state index contributed by atoms with van der Waals surface area (Å²) in [6, 6.07) is 10.4. The predicted octanol–water partition coefficient (Wildman–Crippen LogP) is 2.51. The van der Waals surface area contributed by atoms with E-state index in [0.29, 0.717) is 25.6 Å². The fourth-order valence-corrected chi connectivity index (χ4v) is 4.75. The molecule has 0 bridgehead atoms. The first kappa shape index (κ1) is 18.8. The van der Waals surface area contributed by atoms with Crippen molar-refractivity contribution in [1.29, 1.82) is 0 Å². The van der Waals surface area contributed by atoms with E-state index in [9.17, 15) is 4.79 Å². The number of nitrogens with zero attached hydrogens (tertiary/aromatic N) is 4. The van der Waals surface area contributed by atoms with Gasteiger partial charge >= 0.3 is 0 Å². The van der Waals surface area contributed by atoms with Crippen molar-refractivity contribution in [3.8, 4) is 0 Å². The molecule has 7 nitrogen and oxygen atoms in total. The van der Waals surface area contributed by atoms with Gasteiger partial charge < -0.3 is 14.2 Å². The second-order valence-corrected chi connectivity index (χ2v) is 8.53. The summed E-state index contributed by atoms with van der Waals surface area (Å²) in [5, 5.41) is 4.25. The summed E-state index contributed by atoms with van der Waals surface area (Å²) < 4.78 is 10.8. The number of amides is 1. The minimum absolute atomic E-state index is 0.178. The smallest absolute Gasteiger partial charge is 0.244 e. The van der Waals surface area contributed by atoms with Gasteiger partial charge in [0.2, 0.25) is 11.8 Å². The van der Waals surface area contributed by atoms with Crippen molar-refractivity contribution in [1.82, 2.24) is 19.9 Å². The van der Waals surface area contributed by atoms with E-state index >= 15 is 0 Å². The van der Waals surface area contributed by atoms with Gasteiger partial charge in [0.1, 0.15) is 0 Å². The highest BCUT2D eigenvalue weighted by Crippen LogP contribution is 2.50. The highest BCUT2D eigenvalue weighted by molar-refractivity contribution is 5.92. The minimum Gasteiger partial charge on any atom is -0.383 e. The number of benzene rings is 1. The Balaban J connectivity index is 1.20. The molecule has 3 aliphatic rings. The number of methoxy groups -OCH3 is 1. The van der Waals surface area contributed by atoms with Crippen LogP contribution in [0.1, 0.15) is 54.9 Å². The number of rotatable bonds is 7. The molecule has 2 aliphatic heterocycles. The molecule has 1 aromatic heterocycles.